The third kappa shape index (κ3) is 5.16. The summed E-state index contributed by atoms with van der Waals surface area (Å²) in [5, 5.41) is 5.46. The van der Waals surface area contributed by atoms with Crippen molar-refractivity contribution in [1.82, 2.24) is 10.2 Å². The zero-order chi connectivity index (χ0) is 25.1. The minimum Gasteiger partial charge on any atom is -0.490 e. The largest absolute Gasteiger partial charge is 0.490 e. The van der Waals surface area contributed by atoms with Gasteiger partial charge in [0.2, 0.25) is 5.91 Å². The van der Waals surface area contributed by atoms with Crippen molar-refractivity contribution in [3.05, 3.63) is 53.6 Å². The molecule has 0 aliphatic carbocycles. The number of nitrogens with one attached hydrogen (secondary N) is 2. The lowest BCUT2D eigenvalue weighted by molar-refractivity contribution is -0.133. The Morgan fingerprint density at radius 2 is 1.62 bits per heavy atom. The van der Waals surface area contributed by atoms with Crippen LogP contribution in [0.15, 0.2) is 42.5 Å². The maximum Gasteiger partial charge on any atom is 0.325 e. The van der Waals surface area contributed by atoms with Crippen LogP contribution < -0.4 is 20.1 Å². The fraction of sp³-hybridized carbons (Fsp3) is 0.423. The first-order valence-electron chi connectivity index (χ1n) is 11.4. The Morgan fingerprint density at radius 1 is 1.00 bits per heavy atom. The van der Waals surface area contributed by atoms with E-state index in [0.29, 0.717) is 36.0 Å². The van der Waals surface area contributed by atoms with Gasteiger partial charge in [-0.15, -0.1) is 0 Å². The Kier molecular flexibility index (Phi) is 7.19. The summed E-state index contributed by atoms with van der Waals surface area (Å²) >= 11 is 0. The van der Waals surface area contributed by atoms with E-state index in [0.717, 1.165) is 10.5 Å². The summed E-state index contributed by atoms with van der Waals surface area (Å²) in [5.41, 5.74) is 0.985. The lowest BCUT2D eigenvalue weighted by Crippen LogP contribution is -2.42. The van der Waals surface area contributed by atoms with Gasteiger partial charge in [-0.2, -0.15) is 0 Å². The number of ether oxygens (including phenoxy) is 2. The average molecular weight is 468 g/mol. The highest BCUT2D eigenvalue weighted by atomic mass is 16.5. The Balaban J connectivity index is 1.72. The van der Waals surface area contributed by atoms with Crippen molar-refractivity contribution in [1.29, 1.82) is 0 Å². The fourth-order valence-corrected chi connectivity index (χ4v) is 3.81. The van der Waals surface area contributed by atoms with Gasteiger partial charge in [-0.25, -0.2) is 4.79 Å². The summed E-state index contributed by atoms with van der Waals surface area (Å²) in [5.74, 6) is 0.105. The number of anilines is 1. The second kappa shape index (κ2) is 9.75. The van der Waals surface area contributed by atoms with Crippen molar-refractivity contribution in [2.45, 2.75) is 52.5 Å². The number of carbonyl (C=O) groups excluding carboxylic acids is 3. The number of nitrogens with zero attached hydrogens (tertiary/aromatic N) is 1. The molecule has 1 unspecified atom stereocenters. The predicted molar refractivity (Wildman–Crippen MR) is 130 cm³/mol. The molecule has 2 N–H and O–H groups in total. The molecule has 2 aromatic rings. The number of urea groups is 1. The standard InChI is InChI=1S/C26H33N3O5/c1-7-33-20-14-13-19(15-21(20)34-8-2)27-22(30)16-29-23(31)26(6,28-24(29)32)18-11-9-17(10-12-18)25(3,4)5/h9-15H,7-8,16H2,1-6H3,(H,27,30)(H,28,32). The van der Waals surface area contributed by atoms with E-state index in [1.807, 2.05) is 38.1 Å². The van der Waals surface area contributed by atoms with Crippen molar-refractivity contribution in [2.75, 3.05) is 25.1 Å². The molecular weight excluding hydrogens is 434 g/mol. The number of benzene rings is 2. The summed E-state index contributed by atoms with van der Waals surface area (Å²) in [6, 6.07) is 12.0. The van der Waals surface area contributed by atoms with Crippen molar-refractivity contribution in [2.24, 2.45) is 0 Å². The van der Waals surface area contributed by atoms with Gasteiger partial charge in [-0.3, -0.25) is 14.5 Å². The molecule has 0 saturated carbocycles. The van der Waals surface area contributed by atoms with Gasteiger partial charge in [0.15, 0.2) is 11.5 Å². The lowest BCUT2D eigenvalue weighted by Gasteiger charge is -2.24. The lowest BCUT2D eigenvalue weighted by atomic mass is 9.84. The Labute approximate surface area is 200 Å². The molecule has 2 aromatic carbocycles. The van der Waals surface area contributed by atoms with Gasteiger partial charge >= 0.3 is 6.03 Å². The van der Waals surface area contributed by atoms with Crippen LogP contribution in [0.4, 0.5) is 10.5 Å². The smallest absolute Gasteiger partial charge is 0.325 e. The second-order valence-corrected chi connectivity index (χ2v) is 9.35. The van der Waals surface area contributed by atoms with Crippen molar-refractivity contribution >= 4 is 23.5 Å². The minimum absolute atomic E-state index is 0.0323. The Morgan fingerprint density at radius 3 is 2.21 bits per heavy atom. The molecule has 0 aromatic heterocycles. The molecule has 8 nitrogen and oxygen atoms in total. The van der Waals surface area contributed by atoms with Crippen LogP contribution in [0.25, 0.3) is 0 Å². The molecule has 0 radical (unpaired) electrons. The molecule has 0 bridgehead atoms. The first-order valence-corrected chi connectivity index (χ1v) is 11.4. The highest BCUT2D eigenvalue weighted by Crippen LogP contribution is 2.32. The van der Waals surface area contributed by atoms with Crippen LogP contribution in [0.1, 0.15) is 52.7 Å². The van der Waals surface area contributed by atoms with E-state index in [1.54, 1.807) is 25.1 Å². The Hall–Kier alpha value is -3.55. The summed E-state index contributed by atoms with van der Waals surface area (Å²) in [4.78, 5) is 39.4. The molecule has 1 heterocycles. The molecule has 4 amide bonds. The van der Waals surface area contributed by atoms with Crippen molar-refractivity contribution < 1.29 is 23.9 Å². The second-order valence-electron chi connectivity index (χ2n) is 9.35. The van der Waals surface area contributed by atoms with E-state index in [4.69, 9.17) is 9.47 Å². The quantitative estimate of drug-likeness (QED) is 0.568. The van der Waals surface area contributed by atoms with Crippen LogP contribution in [0, 0.1) is 0 Å². The van der Waals surface area contributed by atoms with Crippen LogP contribution in [0.5, 0.6) is 11.5 Å². The summed E-state index contributed by atoms with van der Waals surface area (Å²) in [7, 11) is 0. The number of imide groups is 1. The number of amides is 4. The van der Waals surface area contributed by atoms with Gasteiger partial charge in [0, 0.05) is 11.8 Å². The van der Waals surface area contributed by atoms with Gasteiger partial charge in [0.25, 0.3) is 5.91 Å². The zero-order valence-electron chi connectivity index (χ0n) is 20.7. The van der Waals surface area contributed by atoms with Crippen LogP contribution >= 0.6 is 0 Å². The minimum atomic E-state index is -1.24. The van der Waals surface area contributed by atoms with Crippen LogP contribution in [-0.4, -0.2) is 42.5 Å². The summed E-state index contributed by atoms with van der Waals surface area (Å²) < 4.78 is 11.1. The summed E-state index contributed by atoms with van der Waals surface area (Å²) in [6.45, 7) is 12.2. The number of rotatable bonds is 8. The molecule has 0 spiro atoms. The molecule has 182 valence electrons. The molecule has 1 saturated heterocycles. The first-order chi connectivity index (χ1) is 16.0. The van der Waals surface area contributed by atoms with Gasteiger partial charge in [0.1, 0.15) is 12.1 Å². The van der Waals surface area contributed by atoms with E-state index in [-0.39, 0.29) is 5.41 Å². The topological polar surface area (TPSA) is 97.0 Å². The SMILES string of the molecule is CCOc1ccc(NC(=O)CN2C(=O)NC(C)(c3ccc(C(C)(C)C)cc3)C2=O)cc1OCC. The van der Waals surface area contributed by atoms with Crippen molar-refractivity contribution in [3.63, 3.8) is 0 Å². The molecule has 3 rings (SSSR count). The van der Waals surface area contributed by atoms with E-state index >= 15 is 0 Å². The van der Waals surface area contributed by atoms with E-state index in [2.05, 4.69) is 31.4 Å². The Bertz CT molecular complexity index is 1070. The molecule has 1 aliphatic rings. The van der Waals surface area contributed by atoms with Crippen LogP contribution in [-0.2, 0) is 20.5 Å². The maximum atomic E-state index is 13.2. The zero-order valence-corrected chi connectivity index (χ0v) is 20.7. The normalized spacial score (nSPS) is 18.0. The van der Waals surface area contributed by atoms with E-state index < -0.39 is 29.9 Å². The van der Waals surface area contributed by atoms with E-state index in [1.165, 1.54) is 0 Å². The molecule has 1 aliphatic heterocycles. The highest BCUT2D eigenvalue weighted by Gasteiger charge is 2.49. The molecular formula is C26H33N3O5. The first kappa shape index (κ1) is 25.1. The predicted octanol–water partition coefficient (Wildman–Crippen LogP) is 4.19. The monoisotopic (exact) mass is 467 g/mol. The third-order valence-corrected chi connectivity index (χ3v) is 5.73. The number of hydrogen-bond donors (Lipinski definition) is 2. The highest BCUT2D eigenvalue weighted by molar-refractivity contribution is 6.10. The third-order valence-electron chi connectivity index (χ3n) is 5.73. The number of carbonyl (C=O) groups is 3. The molecule has 8 heteroatoms. The van der Waals surface area contributed by atoms with Gasteiger partial charge < -0.3 is 20.1 Å². The summed E-state index contributed by atoms with van der Waals surface area (Å²) in [6.07, 6.45) is 0. The van der Waals surface area contributed by atoms with Gasteiger partial charge in [-0.05, 0) is 49.4 Å². The van der Waals surface area contributed by atoms with E-state index in [9.17, 15) is 14.4 Å². The molecule has 1 atom stereocenters. The molecule has 1 fully saturated rings. The fourth-order valence-electron chi connectivity index (χ4n) is 3.81. The average Bonchev–Trinajstić information content (AvgIpc) is 2.99. The van der Waals surface area contributed by atoms with Crippen molar-refractivity contribution in [3.8, 4) is 11.5 Å². The van der Waals surface area contributed by atoms with Crippen LogP contribution in [0.3, 0.4) is 0 Å². The van der Waals surface area contributed by atoms with Gasteiger partial charge in [-0.1, -0.05) is 45.0 Å². The maximum absolute atomic E-state index is 13.2. The molecule has 34 heavy (non-hydrogen) atoms. The van der Waals surface area contributed by atoms with Gasteiger partial charge in [0.05, 0.1) is 13.2 Å². The van der Waals surface area contributed by atoms with Crippen LogP contribution in [0.2, 0.25) is 0 Å². The number of hydrogen-bond acceptors (Lipinski definition) is 5.